The highest BCUT2D eigenvalue weighted by molar-refractivity contribution is 5.94. The summed E-state index contributed by atoms with van der Waals surface area (Å²) in [7, 11) is 1.58. The van der Waals surface area contributed by atoms with Crippen molar-refractivity contribution < 1.29 is 22.8 Å². The molecule has 0 spiro atoms. The molecule has 0 radical (unpaired) electrons. The number of piperidine rings is 1. The second kappa shape index (κ2) is 6.40. The Hall–Kier alpha value is -1.67. The van der Waals surface area contributed by atoms with E-state index in [2.05, 4.69) is 10.3 Å². The van der Waals surface area contributed by atoms with Crippen molar-refractivity contribution in [2.75, 3.05) is 20.2 Å². The second-order valence-corrected chi connectivity index (χ2v) is 4.82. The zero-order valence-corrected chi connectivity index (χ0v) is 11.5. The third-order valence-electron chi connectivity index (χ3n) is 3.38. The lowest BCUT2D eigenvalue weighted by Gasteiger charge is -2.30. The number of carbonyl (C=O) groups is 1. The van der Waals surface area contributed by atoms with Crippen molar-refractivity contribution in [2.24, 2.45) is 0 Å². The van der Waals surface area contributed by atoms with Crippen LogP contribution in [0.5, 0.6) is 0 Å². The molecule has 116 valence electrons. The number of hydrogen-bond acceptors (Lipinski definition) is 4. The summed E-state index contributed by atoms with van der Waals surface area (Å²) in [5, 5.41) is 4.50. The summed E-state index contributed by atoms with van der Waals surface area (Å²) in [5.74, 6) is -0.538. The number of pyridine rings is 1. The van der Waals surface area contributed by atoms with Gasteiger partial charge in [0.15, 0.2) is 0 Å². The molecular weight excluding hydrogens is 287 g/mol. The summed E-state index contributed by atoms with van der Waals surface area (Å²) in [6.45, 7) is 1.34. The van der Waals surface area contributed by atoms with Gasteiger partial charge in [-0.3, -0.25) is 9.78 Å². The maximum Gasteiger partial charge on any atom is 0.417 e. The highest BCUT2D eigenvalue weighted by Gasteiger charge is 2.31. The molecule has 2 rings (SSSR count). The van der Waals surface area contributed by atoms with Crippen LogP contribution in [0.4, 0.5) is 13.2 Å². The monoisotopic (exact) mass is 303 g/mol. The fourth-order valence-corrected chi connectivity index (χ4v) is 2.17. The van der Waals surface area contributed by atoms with Crippen LogP contribution in [-0.2, 0) is 11.0 Å². The molecule has 1 amide bonds. The first-order valence-electron chi connectivity index (χ1n) is 6.52. The minimum atomic E-state index is -4.51. The smallest absolute Gasteiger partial charge is 0.349 e. The Morgan fingerprint density at radius 3 is 2.62 bits per heavy atom. The molecule has 5 nitrogen and oxygen atoms in total. The standard InChI is InChI=1S/C13H16F3N3O2/c1-21-19-4-2-11(3-5-19)18-12(20)9-6-10(8-17-7-9)13(14,15)16/h6-8,11H,2-5H2,1H3,(H,18,20). The van der Waals surface area contributed by atoms with Crippen LogP contribution < -0.4 is 5.32 Å². The van der Waals surface area contributed by atoms with Crippen LogP contribution in [0.15, 0.2) is 18.5 Å². The predicted molar refractivity (Wildman–Crippen MR) is 68.3 cm³/mol. The van der Waals surface area contributed by atoms with Crippen molar-refractivity contribution in [1.82, 2.24) is 15.4 Å². The third kappa shape index (κ3) is 4.15. The van der Waals surface area contributed by atoms with Gasteiger partial charge >= 0.3 is 6.18 Å². The Bertz CT molecular complexity index is 500. The summed E-state index contributed by atoms with van der Waals surface area (Å²) < 4.78 is 37.7. The SMILES string of the molecule is CON1CCC(NC(=O)c2cncc(C(F)(F)F)c2)CC1. The molecular formula is C13H16F3N3O2. The maximum atomic E-state index is 12.6. The Balaban J connectivity index is 1.98. The van der Waals surface area contributed by atoms with E-state index in [9.17, 15) is 18.0 Å². The summed E-state index contributed by atoms with van der Waals surface area (Å²) in [4.78, 5) is 20.5. The van der Waals surface area contributed by atoms with Crippen LogP contribution >= 0.6 is 0 Å². The van der Waals surface area contributed by atoms with E-state index in [0.717, 1.165) is 12.3 Å². The van der Waals surface area contributed by atoms with E-state index in [1.165, 1.54) is 0 Å². The number of hydroxylamine groups is 2. The molecule has 1 aromatic rings. The van der Waals surface area contributed by atoms with Gasteiger partial charge in [0.1, 0.15) is 0 Å². The molecule has 1 saturated heterocycles. The molecule has 1 fully saturated rings. The third-order valence-corrected chi connectivity index (χ3v) is 3.38. The van der Waals surface area contributed by atoms with E-state index < -0.39 is 17.6 Å². The number of hydrogen-bond donors (Lipinski definition) is 1. The number of alkyl halides is 3. The lowest BCUT2D eigenvalue weighted by Crippen LogP contribution is -2.44. The molecule has 1 aliphatic rings. The lowest BCUT2D eigenvalue weighted by atomic mass is 10.1. The highest BCUT2D eigenvalue weighted by Crippen LogP contribution is 2.28. The molecule has 0 bridgehead atoms. The second-order valence-electron chi connectivity index (χ2n) is 4.82. The molecule has 0 aromatic carbocycles. The number of amides is 1. The van der Waals surface area contributed by atoms with E-state index in [1.54, 1.807) is 12.2 Å². The summed E-state index contributed by atoms with van der Waals surface area (Å²) in [5.41, 5.74) is -1.01. The van der Waals surface area contributed by atoms with E-state index in [0.29, 0.717) is 32.1 Å². The molecule has 1 aromatic heterocycles. The molecule has 8 heteroatoms. The van der Waals surface area contributed by atoms with Crippen molar-refractivity contribution in [3.63, 3.8) is 0 Å². The van der Waals surface area contributed by atoms with Crippen LogP contribution in [0, 0.1) is 0 Å². The molecule has 2 heterocycles. The molecule has 0 atom stereocenters. The number of nitrogens with one attached hydrogen (secondary N) is 1. The fraction of sp³-hybridized carbons (Fsp3) is 0.538. The van der Waals surface area contributed by atoms with E-state index >= 15 is 0 Å². The fourth-order valence-electron chi connectivity index (χ4n) is 2.17. The van der Waals surface area contributed by atoms with Crippen molar-refractivity contribution in [1.29, 1.82) is 0 Å². The minimum absolute atomic E-state index is 0.0709. The van der Waals surface area contributed by atoms with Crippen LogP contribution in [0.3, 0.4) is 0 Å². The van der Waals surface area contributed by atoms with Gasteiger partial charge in [0.25, 0.3) is 5.91 Å². The predicted octanol–water partition coefficient (Wildman–Crippen LogP) is 1.86. The van der Waals surface area contributed by atoms with Gasteiger partial charge in [-0.1, -0.05) is 0 Å². The largest absolute Gasteiger partial charge is 0.417 e. The van der Waals surface area contributed by atoms with E-state index in [1.807, 2.05) is 0 Å². The van der Waals surface area contributed by atoms with Crippen LogP contribution in [0.2, 0.25) is 0 Å². The van der Waals surface area contributed by atoms with Gasteiger partial charge in [-0.15, -0.1) is 0 Å². The first-order chi connectivity index (χ1) is 9.90. The number of nitrogens with zero attached hydrogens (tertiary/aromatic N) is 2. The van der Waals surface area contributed by atoms with E-state index in [-0.39, 0.29) is 11.6 Å². The van der Waals surface area contributed by atoms with Gasteiger partial charge in [0, 0.05) is 31.5 Å². The summed E-state index contributed by atoms with van der Waals surface area (Å²) in [6, 6.07) is 0.741. The van der Waals surface area contributed by atoms with Gasteiger partial charge in [0.2, 0.25) is 0 Å². The molecule has 0 unspecified atom stereocenters. The van der Waals surface area contributed by atoms with Crippen molar-refractivity contribution >= 4 is 5.91 Å². The first kappa shape index (κ1) is 15.7. The molecule has 0 saturated carbocycles. The number of rotatable bonds is 3. The van der Waals surface area contributed by atoms with Crippen molar-refractivity contribution in [3.8, 4) is 0 Å². The Morgan fingerprint density at radius 2 is 2.05 bits per heavy atom. The average Bonchev–Trinajstić information content (AvgIpc) is 2.47. The molecule has 1 N–H and O–H groups in total. The first-order valence-corrected chi connectivity index (χ1v) is 6.52. The average molecular weight is 303 g/mol. The zero-order chi connectivity index (χ0) is 15.5. The number of halogens is 3. The summed E-state index contributed by atoms with van der Waals surface area (Å²) in [6.07, 6.45) is -1.30. The molecule has 0 aliphatic carbocycles. The molecule has 1 aliphatic heterocycles. The lowest BCUT2D eigenvalue weighted by molar-refractivity contribution is -0.144. The quantitative estimate of drug-likeness (QED) is 0.926. The number of aromatic nitrogens is 1. The molecule has 21 heavy (non-hydrogen) atoms. The van der Waals surface area contributed by atoms with Crippen LogP contribution in [0.1, 0.15) is 28.8 Å². The van der Waals surface area contributed by atoms with Gasteiger partial charge in [-0.2, -0.15) is 18.2 Å². The van der Waals surface area contributed by atoms with Crippen molar-refractivity contribution in [2.45, 2.75) is 25.1 Å². The minimum Gasteiger partial charge on any atom is -0.349 e. The van der Waals surface area contributed by atoms with Gasteiger partial charge in [-0.05, 0) is 18.9 Å². The van der Waals surface area contributed by atoms with Crippen LogP contribution in [-0.4, -0.2) is 42.2 Å². The van der Waals surface area contributed by atoms with E-state index in [4.69, 9.17) is 4.84 Å². The Kier molecular flexibility index (Phi) is 4.79. The number of carbonyl (C=O) groups excluding carboxylic acids is 1. The Morgan fingerprint density at radius 1 is 1.38 bits per heavy atom. The normalized spacial score (nSPS) is 17.7. The highest BCUT2D eigenvalue weighted by atomic mass is 19.4. The zero-order valence-electron chi connectivity index (χ0n) is 11.5. The van der Waals surface area contributed by atoms with Crippen molar-refractivity contribution in [3.05, 3.63) is 29.6 Å². The summed E-state index contributed by atoms with van der Waals surface area (Å²) >= 11 is 0. The van der Waals surface area contributed by atoms with Gasteiger partial charge in [0.05, 0.1) is 18.2 Å². The Labute approximate surface area is 120 Å². The van der Waals surface area contributed by atoms with Crippen LogP contribution in [0.25, 0.3) is 0 Å². The van der Waals surface area contributed by atoms with Gasteiger partial charge < -0.3 is 10.2 Å². The maximum absolute atomic E-state index is 12.6. The topological polar surface area (TPSA) is 54.5 Å². The van der Waals surface area contributed by atoms with Gasteiger partial charge in [-0.25, -0.2) is 0 Å².